The number of halogens is 2. The molecule has 0 radical (unpaired) electrons. The molecular weight excluding hydrogens is 336 g/mol. The van der Waals surface area contributed by atoms with E-state index >= 15 is 0 Å². The Morgan fingerprint density at radius 2 is 2.04 bits per heavy atom. The highest BCUT2D eigenvalue weighted by Crippen LogP contribution is 2.33. The van der Waals surface area contributed by atoms with Crippen molar-refractivity contribution in [3.8, 4) is 6.07 Å². The molecule has 1 aromatic rings. The number of urea groups is 1. The van der Waals surface area contributed by atoms with Crippen LogP contribution in [-0.2, 0) is 21.0 Å². The average molecular weight is 351 g/mol. The van der Waals surface area contributed by atoms with Crippen LogP contribution in [0.1, 0.15) is 18.4 Å². The Morgan fingerprint density at radius 1 is 1.32 bits per heavy atom. The molecule has 132 valence electrons. The van der Waals surface area contributed by atoms with Gasteiger partial charge in [-0.15, -0.1) is 0 Å². The average Bonchev–Trinajstić information content (AvgIpc) is 2.85. The Kier molecular flexibility index (Phi) is 4.55. The first-order valence-electron chi connectivity index (χ1n) is 7.70. The van der Waals surface area contributed by atoms with Gasteiger partial charge in [-0.05, 0) is 18.4 Å². The van der Waals surface area contributed by atoms with Crippen LogP contribution in [0.2, 0.25) is 0 Å². The van der Waals surface area contributed by atoms with Gasteiger partial charge in [0.15, 0.2) is 0 Å². The van der Waals surface area contributed by atoms with Gasteiger partial charge in [-0.25, -0.2) is 9.59 Å². The highest BCUT2D eigenvalue weighted by Gasteiger charge is 2.53. The molecule has 0 unspecified atom stereocenters. The molecule has 0 aromatic heterocycles. The summed E-state index contributed by atoms with van der Waals surface area (Å²) < 4.78 is 32.6. The molecule has 2 aliphatic rings. The predicted octanol–water partition coefficient (Wildman–Crippen LogP) is 2.05. The first kappa shape index (κ1) is 17.1. The SMILES string of the molecule is N#C[C@@H]1CC[C@@H]2CN1C(=O)N2OC(F)(F)C(=O)OCc1ccccc1. The molecule has 0 N–H and O–H groups in total. The van der Waals surface area contributed by atoms with Crippen molar-refractivity contribution in [2.45, 2.75) is 37.6 Å². The van der Waals surface area contributed by atoms with Gasteiger partial charge in [0.1, 0.15) is 12.6 Å². The Hall–Kier alpha value is -2.73. The number of nitrogens with zero attached hydrogens (tertiary/aromatic N) is 3. The second kappa shape index (κ2) is 6.64. The number of esters is 1. The number of carbonyl (C=O) groups is 2. The van der Waals surface area contributed by atoms with E-state index in [0.717, 1.165) is 0 Å². The molecule has 2 aliphatic heterocycles. The van der Waals surface area contributed by atoms with E-state index in [1.807, 2.05) is 6.07 Å². The zero-order valence-electron chi connectivity index (χ0n) is 13.1. The third kappa shape index (κ3) is 3.39. The van der Waals surface area contributed by atoms with Gasteiger partial charge in [0.05, 0.1) is 12.1 Å². The number of carbonyl (C=O) groups excluding carboxylic acids is 2. The van der Waals surface area contributed by atoms with Crippen molar-refractivity contribution in [2.75, 3.05) is 6.54 Å². The van der Waals surface area contributed by atoms with Gasteiger partial charge >= 0.3 is 18.1 Å². The van der Waals surface area contributed by atoms with Crippen molar-refractivity contribution in [3.63, 3.8) is 0 Å². The Balaban J connectivity index is 1.62. The first-order chi connectivity index (χ1) is 11.9. The molecule has 7 nitrogen and oxygen atoms in total. The van der Waals surface area contributed by atoms with E-state index in [0.29, 0.717) is 23.5 Å². The molecule has 9 heteroatoms. The number of benzene rings is 1. The minimum atomic E-state index is -4.30. The second-order valence-electron chi connectivity index (χ2n) is 5.81. The lowest BCUT2D eigenvalue weighted by Gasteiger charge is -2.26. The van der Waals surface area contributed by atoms with Crippen molar-refractivity contribution >= 4 is 12.0 Å². The van der Waals surface area contributed by atoms with Gasteiger partial charge in [-0.2, -0.15) is 23.9 Å². The Bertz CT molecular complexity index is 707. The highest BCUT2D eigenvalue weighted by atomic mass is 19.3. The molecule has 2 fully saturated rings. The summed E-state index contributed by atoms with van der Waals surface area (Å²) in [7, 11) is 0. The van der Waals surface area contributed by atoms with Crippen molar-refractivity contribution in [1.29, 1.82) is 5.26 Å². The topological polar surface area (TPSA) is 82.9 Å². The van der Waals surface area contributed by atoms with Crippen LogP contribution in [-0.4, -0.2) is 46.7 Å². The summed E-state index contributed by atoms with van der Waals surface area (Å²) in [4.78, 5) is 29.3. The summed E-state index contributed by atoms with van der Waals surface area (Å²) in [6, 6.07) is 8.16. The quantitative estimate of drug-likeness (QED) is 0.758. The van der Waals surface area contributed by atoms with Crippen LogP contribution in [0, 0.1) is 11.3 Å². The number of rotatable bonds is 5. The first-order valence-corrected chi connectivity index (χ1v) is 7.70. The molecule has 0 saturated carbocycles. The number of ether oxygens (including phenoxy) is 1. The van der Waals surface area contributed by atoms with E-state index in [9.17, 15) is 18.4 Å². The molecular formula is C16H15F2N3O4. The van der Waals surface area contributed by atoms with Crippen LogP contribution in [0.15, 0.2) is 30.3 Å². The summed E-state index contributed by atoms with van der Waals surface area (Å²) in [5.41, 5.74) is 0.544. The molecule has 2 amide bonds. The van der Waals surface area contributed by atoms with Gasteiger partial charge in [-0.1, -0.05) is 30.3 Å². The van der Waals surface area contributed by atoms with Gasteiger partial charge in [0, 0.05) is 6.54 Å². The molecule has 25 heavy (non-hydrogen) atoms. The fraction of sp³-hybridized carbons (Fsp3) is 0.438. The summed E-state index contributed by atoms with van der Waals surface area (Å²) in [6.07, 6.45) is -3.59. The number of amides is 2. The molecule has 0 aliphatic carbocycles. The van der Waals surface area contributed by atoms with Crippen molar-refractivity contribution in [3.05, 3.63) is 35.9 Å². The lowest BCUT2D eigenvalue weighted by molar-refractivity contribution is -0.329. The number of hydrogen-bond acceptors (Lipinski definition) is 5. The Labute approximate surface area is 142 Å². The van der Waals surface area contributed by atoms with E-state index in [1.54, 1.807) is 30.3 Å². The lowest BCUT2D eigenvalue weighted by Crippen LogP contribution is -2.45. The van der Waals surface area contributed by atoms with E-state index in [-0.39, 0.29) is 13.2 Å². The molecule has 2 heterocycles. The smallest absolute Gasteiger partial charge is 0.454 e. The number of alkyl halides is 2. The van der Waals surface area contributed by atoms with Crippen molar-refractivity contribution in [1.82, 2.24) is 9.96 Å². The molecule has 2 saturated heterocycles. The monoisotopic (exact) mass is 351 g/mol. The normalized spacial score (nSPS) is 22.7. The van der Waals surface area contributed by atoms with Crippen LogP contribution >= 0.6 is 0 Å². The zero-order valence-corrected chi connectivity index (χ0v) is 13.1. The van der Waals surface area contributed by atoms with E-state index in [4.69, 9.17) is 5.26 Å². The van der Waals surface area contributed by atoms with Crippen LogP contribution in [0.25, 0.3) is 0 Å². The van der Waals surface area contributed by atoms with Gasteiger partial charge in [0.2, 0.25) is 0 Å². The maximum absolute atomic E-state index is 14.0. The van der Waals surface area contributed by atoms with Crippen LogP contribution in [0.4, 0.5) is 13.6 Å². The van der Waals surface area contributed by atoms with Gasteiger partial charge in [-0.3, -0.25) is 0 Å². The fourth-order valence-corrected chi connectivity index (χ4v) is 2.85. The zero-order chi connectivity index (χ0) is 18.0. The lowest BCUT2D eigenvalue weighted by atomic mass is 10.0. The minimum Gasteiger partial charge on any atom is -0.454 e. The standard InChI is InChI=1S/C16H15F2N3O4/c17-16(18,14(22)24-10-11-4-2-1-3-5-11)25-21-13-7-6-12(8-19)20(9-13)15(21)23/h1-5,12-13H,6-7,9-10H2/t12-,13+/m0/s1. The number of fused-ring (bicyclic) bond motifs is 2. The fourth-order valence-electron chi connectivity index (χ4n) is 2.85. The predicted molar refractivity (Wildman–Crippen MR) is 78.6 cm³/mol. The highest BCUT2D eigenvalue weighted by molar-refractivity contribution is 5.79. The molecule has 2 atom stereocenters. The Morgan fingerprint density at radius 3 is 2.72 bits per heavy atom. The summed E-state index contributed by atoms with van der Waals surface area (Å²) in [5.74, 6) is -1.88. The van der Waals surface area contributed by atoms with E-state index < -0.39 is 30.2 Å². The number of nitriles is 1. The van der Waals surface area contributed by atoms with Crippen LogP contribution in [0.3, 0.4) is 0 Å². The van der Waals surface area contributed by atoms with Crippen molar-refractivity contribution in [2.24, 2.45) is 0 Å². The molecule has 3 rings (SSSR count). The van der Waals surface area contributed by atoms with Gasteiger partial charge < -0.3 is 9.64 Å². The summed E-state index contributed by atoms with van der Waals surface area (Å²) in [5, 5.41) is 9.48. The third-order valence-corrected chi connectivity index (χ3v) is 4.14. The summed E-state index contributed by atoms with van der Waals surface area (Å²) >= 11 is 0. The number of hydroxylamine groups is 2. The van der Waals surface area contributed by atoms with Crippen LogP contribution in [0.5, 0.6) is 0 Å². The molecule has 2 bridgehead atoms. The van der Waals surface area contributed by atoms with Gasteiger partial charge in [0.25, 0.3) is 0 Å². The second-order valence-corrected chi connectivity index (χ2v) is 5.81. The molecule has 0 spiro atoms. The minimum absolute atomic E-state index is 0.117. The largest absolute Gasteiger partial charge is 0.477 e. The van der Waals surface area contributed by atoms with E-state index in [1.165, 1.54) is 4.90 Å². The maximum atomic E-state index is 14.0. The number of piperidine rings is 1. The maximum Gasteiger partial charge on any atom is 0.477 e. The van der Waals surface area contributed by atoms with E-state index in [2.05, 4.69) is 9.57 Å². The van der Waals surface area contributed by atoms with Crippen LogP contribution < -0.4 is 0 Å². The third-order valence-electron chi connectivity index (χ3n) is 4.14. The summed E-state index contributed by atoms with van der Waals surface area (Å²) in [6.45, 7) is -0.217. The number of hydrogen-bond donors (Lipinski definition) is 0. The molecule has 1 aromatic carbocycles. The van der Waals surface area contributed by atoms with Crippen molar-refractivity contribution < 1.29 is 27.9 Å².